The minimum absolute atomic E-state index is 0.344. The Labute approximate surface area is 126 Å². The predicted octanol–water partition coefficient (Wildman–Crippen LogP) is 2.59. The fraction of sp³-hybridized carbons (Fsp3) is 0.500. The van der Waals surface area contributed by atoms with E-state index in [-0.39, 0.29) is 5.91 Å². The number of carbonyl (C=O) groups is 2. The second-order valence-electron chi connectivity index (χ2n) is 5.76. The fourth-order valence-corrected chi connectivity index (χ4v) is 1.71. The van der Waals surface area contributed by atoms with Gasteiger partial charge in [-0.05, 0) is 49.9 Å². The molecule has 1 atom stereocenters. The number of nitrogens with one attached hydrogen (secondary N) is 3. The number of imide groups is 1. The summed E-state index contributed by atoms with van der Waals surface area (Å²) >= 11 is 0. The van der Waals surface area contributed by atoms with Crippen LogP contribution in [0, 0.1) is 19.8 Å². The second kappa shape index (κ2) is 7.67. The summed E-state index contributed by atoms with van der Waals surface area (Å²) in [6.45, 7) is 10.3. The zero-order chi connectivity index (χ0) is 16.0. The summed E-state index contributed by atoms with van der Waals surface area (Å²) in [5.41, 5.74) is 3.22. The number of amides is 3. The third-order valence-corrected chi connectivity index (χ3v) is 3.19. The molecule has 0 aliphatic carbocycles. The number of benzene rings is 1. The second-order valence-corrected chi connectivity index (χ2v) is 5.76. The minimum atomic E-state index is -0.489. The van der Waals surface area contributed by atoms with E-state index in [9.17, 15) is 9.59 Å². The summed E-state index contributed by atoms with van der Waals surface area (Å²) in [5.74, 6) is -0.00795. The summed E-state index contributed by atoms with van der Waals surface area (Å²) in [6, 6.07) is 4.96. The van der Waals surface area contributed by atoms with E-state index in [0.29, 0.717) is 12.5 Å². The van der Waals surface area contributed by atoms with Gasteiger partial charge in [-0.15, -0.1) is 0 Å². The minimum Gasteiger partial charge on any atom is -0.374 e. The zero-order valence-corrected chi connectivity index (χ0v) is 13.4. The van der Waals surface area contributed by atoms with Crippen LogP contribution in [-0.2, 0) is 4.79 Å². The number of hydrogen-bond donors (Lipinski definition) is 3. The van der Waals surface area contributed by atoms with Crippen molar-refractivity contribution in [3.63, 3.8) is 0 Å². The molecule has 1 aromatic rings. The van der Waals surface area contributed by atoms with Gasteiger partial charge in [0, 0.05) is 12.2 Å². The van der Waals surface area contributed by atoms with Gasteiger partial charge in [0.1, 0.15) is 6.04 Å². The molecular formula is C16H25N3O2. The lowest BCUT2D eigenvalue weighted by Gasteiger charge is -2.16. The summed E-state index contributed by atoms with van der Waals surface area (Å²) in [5, 5.41) is 8.07. The molecule has 0 aliphatic rings. The summed E-state index contributed by atoms with van der Waals surface area (Å²) in [6.07, 6.45) is 0. The van der Waals surface area contributed by atoms with Gasteiger partial charge in [-0.1, -0.05) is 19.9 Å². The third-order valence-electron chi connectivity index (χ3n) is 3.19. The number of urea groups is 1. The average molecular weight is 291 g/mol. The van der Waals surface area contributed by atoms with Crippen molar-refractivity contribution in [1.29, 1.82) is 0 Å². The smallest absolute Gasteiger partial charge is 0.321 e. The van der Waals surface area contributed by atoms with Crippen LogP contribution in [0.15, 0.2) is 18.2 Å². The molecule has 0 aromatic heterocycles. The molecule has 3 N–H and O–H groups in total. The van der Waals surface area contributed by atoms with E-state index in [2.05, 4.69) is 16.0 Å². The Balaban J connectivity index is 2.50. The van der Waals surface area contributed by atoms with Gasteiger partial charge in [0.25, 0.3) is 0 Å². The molecule has 3 amide bonds. The molecule has 0 radical (unpaired) electrons. The lowest BCUT2D eigenvalue weighted by molar-refractivity contribution is -0.120. The molecular weight excluding hydrogens is 266 g/mol. The normalized spacial score (nSPS) is 11.9. The highest BCUT2D eigenvalue weighted by molar-refractivity contribution is 5.97. The predicted molar refractivity (Wildman–Crippen MR) is 85.4 cm³/mol. The van der Waals surface area contributed by atoms with Crippen LogP contribution in [0.2, 0.25) is 0 Å². The molecule has 0 bridgehead atoms. The first kappa shape index (κ1) is 17.0. The highest BCUT2D eigenvalue weighted by Crippen LogP contribution is 2.14. The van der Waals surface area contributed by atoms with E-state index in [0.717, 1.165) is 11.3 Å². The SMILES string of the molecule is Cc1ccc(N[C@H](C)C(=O)NC(=O)NCC(C)C)cc1C. The molecule has 0 heterocycles. The van der Waals surface area contributed by atoms with Crippen molar-refractivity contribution in [1.82, 2.24) is 10.6 Å². The molecule has 0 spiro atoms. The maximum atomic E-state index is 11.9. The lowest BCUT2D eigenvalue weighted by Crippen LogP contribution is -2.46. The molecule has 0 saturated heterocycles. The Hall–Kier alpha value is -2.04. The van der Waals surface area contributed by atoms with E-state index < -0.39 is 12.1 Å². The molecule has 1 rings (SSSR count). The van der Waals surface area contributed by atoms with Crippen LogP contribution in [0.3, 0.4) is 0 Å². The van der Waals surface area contributed by atoms with Crippen molar-refractivity contribution >= 4 is 17.6 Å². The summed E-state index contributed by atoms with van der Waals surface area (Å²) in [4.78, 5) is 23.5. The maximum Gasteiger partial charge on any atom is 0.321 e. The van der Waals surface area contributed by atoms with Crippen LogP contribution >= 0.6 is 0 Å². The number of carbonyl (C=O) groups excluding carboxylic acids is 2. The molecule has 0 saturated carbocycles. The first-order valence-corrected chi connectivity index (χ1v) is 7.22. The highest BCUT2D eigenvalue weighted by atomic mass is 16.2. The Morgan fingerprint density at radius 2 is 1.76 bits per heavy atom. The quantitative estimate of drug-likeness (QED) is 0.781. The van der Waals surface area contributed by atoms with Crippen LogP contribution in [0.5, 0.6) is 0 Å². The van der Waals surface area contributed by atoms with Gasteiger partial charge in [0.15, 0.2) is 0 Å². The summed E-state index contributed by atoms with van der Waals surface area (Å²) in [7, 11) is 0. The van der Waals surface area contributed by atoms with Gasteiger partial charge >= 0.3 is 6.03 Å². The standard InChI is InChI=1S/C16H25N3O2/c1-10(2)9-17-16(21)19-15(20)13(5)18-14-7-6-11(3)12(4)8-14/h6-8,10,13,18H,9H2,1-5H3,(H2,17,19,20,21)/t13-/m1/s1. The zero-order valence-electron chi connectivity index (χ0n) is 13.4. The van der Waals surface area contributed by atoms with Gasteiger partial charge in [0.2, 0.25) is 5.91 Å². The number of aryl methyl sites for hydroxylation is 2. The monoisotopic (exact) mass is 291 g/mol. The van der Waals surface area contributed by atoms with Gasteiger partial charge in [0.05, 0.1) is 0 Å². The van der Waals surface area contributed by atoms with Gasteiger partial charge in [-0.25, -0.2) is 4.79 Å². The molecule has 116 valence electrons. The Morgan fingerprint density at radius 3 is 2.33 bits per heavy atom. The largest absolute Gasteiger partial charge is 0.374 e. The van der Waals surface area contributed by atoms with Gasteiger partial charge < -0.3 is 10.6 Å². The Kier molecular flexibility index (Phi) is 6.21. The van der Waals surface area contributed by atoms with Crippen molar-refractivity contribution in [3.8, 4) is 0 Å². The van der Waals surface area contributed by atoms with E-state index >= 15 is 0 Å². The topological polar surface area (TPSA) is 70.2 Å². The average Bonchev–Trinajstić information content (AvgIpc) is 2.40. The first-order valence-electron chi connectivity index (χ1n) is 7.22. The van der Waals surface area contributed by atoms with Crippen LogP contribution < -0.4 is 16.0 Å². The van der Waals surface area contributed by atoms with E-state index in [1.165, 1.54) is 5.56 Å². The molecule has 0 fully saturated rings. The van der Waals surface area contributed by atoms with Gasteiger partial charge in [-0.2, -0.15) is 0 Å². The summed E-state index contributed by atoms with van der Waals surface area (Å²) < 4.78 is 0. The Morgan fingerprint density at radius 1 is 1.10 bits per heavy atom. The molecule has 1 aromatic carbocycles. The van der Waals surface area contributed by atoms with Crippen LogP contribution in [-0.4, -0.2) is 24.5 Å². The first-order chi connectivity index (χ1) is 9.79. The number of anilines is 1. The van der Waals surface area contributed by atoms with Gasteiger partial charge in [-0.3, -0.25) is 10.1 Å². The highest BCUT2D eigenvalue weighted by Gasteiger charge is 2.15. The van der Waals surface area contributed by atoms with Crippen molar-refractivity contribution in [2.24, 2.45) is 5.92 Å². The maximum absolute atomic E-state index is 11.9. The third kappa shape index (κ3) is 5.85. The van der Waals surface area contributed by atoms with E-state index in [1.54, 1.807) is 6.92 Å². The number of rotatable bonds is 5. The van der Waals surface area contributed by atoms with Crippen molar-refractivity contribution in [2.45, 2.75) is 40.7 Å². The lowest BCUT2D eigenvalue weighted by atomic mass is 10.1. The van der Waals surface area contributed by atoms with Crippen molar-refractivity contribution in [2.75, 3.05) is 11.9 Å². The fourth-order valence-electron chi connectivity index (χ4n) is 1.71. The van der Waals surface area contributed by atoms with Crippen LogP contribution in [0.1, 0.15) is 31.9 Å². The van der Waals surface area contributed by atoms with Crippen molar-refractivity contribution in [3.05, 3.63) is 29.3 Å². The molecule has 0 aliphatic heterocycles. The van der Waals surface area contributed by atoms with Crippen LogP contribution in [0.4, 0.5) is 10.5 Å². The Bertz CT molecular complexity index is 512. The van der Waals surface area contributed by atoms with Crippen LogP contribution in [0.25, 0.3) is 0 Å². The molecule has 5 heteroatoms. The van der Waals surface area contributed by atoms with Crippen molar-refractivity contribution < 1.29 is 9.59 Å². The van der Waals surface area contributed by atoms with E-state index in [4.69, 9.17) is 0 Å². The molecule has 5 nitrogen and oxygen atoms in total. The van der Waals surface area contributed by atoms with E-state index in [1.807, 2.05) is 45.9 Å². The molecule has 0 unspecified atom stereocenters. The number of hydrogen-bond acceptors (Lipinski definition) is 3. The molecule has 21 heavy (non-hydrogen) atoms.